The van der Waals surface area contributed by atoms with E-state index in [1.54, 1.807) is 10.9 Å². The molecule has 0 aliphatic carbocycles. The highest BCUT2D eigenvalue weighted by molar-refractivity contribution is 9.10. The molecule has 19 heavy (non-hydrogen) atoms. The number of halogens is 2. The molecule has 0 aliphatic heterocycles. The Morgan fingerprint density at radius 2 is 2.11 bits per heavy atom. The van der Waals surface area contributed by atoms with Crippen molar-refractivity contribution in [3.05, 3.63) is 46.4 Å². The van der Waals surface area contributed by atoms with Gasteiger partial charge in [0.2, 0.25) is 0 Å². The normalized spacial score (nSPS) is 12.4. The molecule has 0 aliphatic rings. The maximum absolute atomic E-state index is 12.7. The first-order valence-electron chi connectivity index (χ1n) is 5.80. The molecule has 1 unspecified atom stereocenters. The Morgan fingerprint density at radius 3 is 2.68 bits per heavy atom. The number of rotatable bonds is 5. The Labute approximate surface area is 118 Å². The molecule has 1 aromatic carbocycles. The Bertz CT molecular complexity index is 523. The van der Waals surface area contributed by atoms with Gasteiger partial charge in [-0.3, -0.25) is 4.68 Å². The summed E-state index contributed by atoms with van der Waals surface area (Å²) < 4.78 is 20.6. The minimum atomic E-state index is -0.684. The number of hydrogen-bond donors (Lipinski definition) is 1. The number of aliphatic hydroxyl groups is 1. The maximum atomic E-state index is 12.7. The molecule has 0 saturated heterocycles. The number of hydrogen-bond acceptors (Lipinski definition) is 3. The fourth-order valence-corrected chi connectivity index (χ4v) is 1.89. The molecule has 102 valence electrons. The lowest BCUT2D eigenvalue weighted by molar-refractivity contribution is 0.0892. The summed E-state index contributed by atoms with van der Waals surface area (Å²) in [6.07, 6.45) is 1.12. The minimum Gasteiger partial charge on any atom is -0.491 e. The molecule has 2 aromatic rings. The quantitative estimate of drug-likeness (QED) is 0.917. The molecule has 4 nitrogen and oxygen atoms in total. The maximum Gasteiger partial charge on any atom is 0.123 e. The summed E-state index contributed by atoms with van der Waals surface area (Å²) >= 11 is 3.36. The summed E-state index contributed by atoms with van der Waals surface area (Å²) in [6.45, 7) is 2.35. The van der Waals surface area contributed by atoms with Crippen molar-refractivity contribution in [1.82, 2.24) is 9.78 Å². The van der Waals surface area contributed by atoms with E-state index in [9.17, 15) is 9.50 Å². The van der Waals surface area contributed by atoms with Crippen molar-refractivity contribution >= 4 is 15.9 Å². The molecule has 0 saturated carbocycles. The molecule has 1 aromatic heterocycles. The van der Waals surface area contributed by atoms with Gasteiger partial charge in [0, 0.05) is 6.20 Å². The number of aliphatic hydroxyl groups excluding tert-OH is 1. The predicted octanol–water partition coefficient (Wildman–Crippen LogP) is 2.53. The highest BCUT2D eigenvalue weighted by atomic mass is 79.9. The molecule has 0 bridgehead atoms. The summed E-state index contributed by atoms with van der Waals surface area (Å²) in [7, 11) is 0. The van der Waals surface area contributed by atoms with Gasteiger partial charge in [-0.05, 0) is 47.1 Å². The topological polar surface area (TPSA) is 47.3 Å². The van der Waals surface area contributed by atoms with E-state index in [0.29, 0.717) is 12.3 Å². The van der Waals surface area contributed by atoms with Gasteiger partial charge >= 0.3 is 0 Å². The third-order valence-corrected chi connectivity index (χ3v) is 3.32. The van der Waals surface area contributed by atoms with Crippen LogP contribution in [0.1, 0.15) is 5.69 Å². The SMILES string of the molecule is Cc1nn(CC(O)COc2ccc(F)cc2)cc1Br. The van der Waals surface area contributed by atoms with Crippen molar-refractivity contribution in [3.8, 4) is 5.75 Å². The van der Waals surface area contributed by atoms with Gasteiger partial charge in [-0.25, -0.2) is 4.39 Å². The molecule has 1 heterocycles. The van der Waals surface area contributed by atoms with Gasteiger partial charge in [0.25, 0.3) is 0 Å². The van der Waals surface area contributed by atoms with E-state index >= 15 is 0 Å². The zero-order valence-corrected chi connectivity index (χ0v) is 12.0. The van der Waals surface area contributed by atoms with Gasteiger partial charge in [0.1, 0.15) is 24.3 Å². The number of benzene rings is 1. The average Bonchev–Trinajstić information content (AvgIpc) is 2.67. The van der Waals surface area contributed by atoms with E-state index in [1.807, 2.05) is 6.92 Å². The van der Waals surface area contributed by atoms with Gasteiger partial charge in [0.05, 0.1) is 16.7 Å². The standard InChI is InChI=1S/C13H14BrFN2O2/c1-9-13(14)7-17(16-9)6-11(18)8-19-12-4-2-10(15)3-5-12/h2-5,7,11,18H,6,8H2,1H3. The van der Waals surface area contributed by atoms with Crippen LogP contribution < -0.4 is 4.74 Å². The van der Waals surface area contributed by atoms with Crippen LogP contribution in [0.4, 0.5) is 4.39 Å². The van der Waals surface area contributed by atoms with E-state index in [2.05, 4.69) is 21.0 Å². The summed E-state index contributed by atoms with van der Waals surface area (Å²) in [5, 5.41) is 14.1. The van der Waals surface area contributed by atoms with Crippen molar-refractivity contribution in [3.63, 3.8) is 0 Å². The molecule has 0 radical (unpaired) electrons. The van der Waals surface area contributed by atoms with Gasteiger partial charge < -0.3 is 9.84 Å². The molecule has 1 atom stereocenters. The van der Waals surface area contributed by atoms with Crippen molar-refractivity contribution in [2.75, 3.05) is 6.61 Å². The second-order valence-corrected chi connectivity index (χ2v) is 5.06. The zero-order chi connectivity index (χ0) is 13.8. The van der Waals surface area contributed by atoms with Gasteiger partial charge in [-0.1, -0.05) is 0 Å². The molecule has 1 N–H and O–H groups in total. The lowest BCUT2D eigenvalue weighted by atomic mass is 10.3. The zero-order valence-electron chi connectivity index (χ0n) is 10.4. The molecular formula is C13H14BrFN2O2. The Hall–Kier alpha value is -1.40. The summed E-state index contributed by atoms with van der Waals surface area (Å²) in [6, 6.07) is 5.68. The van der Waals surface area contributed by atoms with E-state index < -0.39 is 6.10 Å². The Kier molecular flexibility index (Phi) is 4.55. The van der Waals surface area contributed by atoms with Crippen LogP contribution in [0, 0.1) is 12.7 Å². The van der Waals surface area contributed by atoms with Gasteiger partial charge in [0.15, 0.2) is 0 Å². The molecule has 0 amide bonds. The summed E-state index contributed by atoms with van der Waals surface area (Å²) in [5.41, 5.74) is 0.867. The Morgan fingerprint density at radius 1 is 1.42 bits per heavy atom. The predicted molar refractivity (Wildman–Crippen MR) is 72.6 cm³/mol. The molecule has 2 rings (SSSR count). The van der Waals surface area contributed by atoms with E-state index in [0.717, 1.165) is 10.2 Å². The van der Waals surface area contributed by atoms with Gasteiger partial charge in [-0.2, -0.15) is 5.10 Å². The highest BCUT2D eigenvalue weighted by Gasteiger charge is 2.09. The van der Waals surface area contributed by atoms with Crippen LogP contribution in [-0.4, -0.2) is 27.6 Å². The van der Waals surface area contributed by atoms with Crippen LogP contribution in [0.5, 0.6) is 5.75 Å². The van der Waals surface area contributed by atoms with E-state index in [4.69, 9.17) is 4.74 Å². The van der Waals surface area contributed by atoms with Crippen molar-refractivity contribution in [1.29, 1.82) is 0 Å². The number of ether oxygens (including phenoxy) is 1. The van der Waals surface area contributed by atoms with Crippen LogP contribution in [0.2, 0.25) is 0 Å². The molecular weight excluding hydrogens is 315 g/mol. The smallest absolute Gasteiger partial charge is 0.123 e. The van der Waals surface area contributed by atoms with E-state index in [1.165, 1.54) is 24.3 Å². The summed E-state index contributed by atoms with van der Waals surface area (Å²) in [5.74, 6) is 0.211. The first-order valence-corrected chi connectivity index (χ1v) is 6.60. The number of aromatic nitrogens is 2. The third kappa shape index (κ3) is 4.04. The van der Waals surface area contributed by atoms with Crippen LogP contribution in [0.15, 0.2) is 34.9 Å². The third-order valence-electron chi connectivity index (χ3n) is 2.54. The number of aryl methyl sites for hydroxylation is 1. The van der Waals surface area contributed by atoms with Crippen LogP contribution in [0.25, 0.3) is 0 Å². The first-order chi connectivity index (χ1) is 9.04. The van der Waals surface area contributed by atoms with Gasteiger partial charge in [-0.15, -0.1) is 0 Å². The second kappa shape index (κ2) is 6.16. The molecule has 6 heteroatoms. The summed E-state index contributed by atoms with van der Waals surface area (Å²) in [4.78, 5) is 0. The minimum absolute atomic E-state index is 0.127. The fraction of sp³-hybridized carbons (Fsp3) is 0.308. The largest absolute Gasteiger partial charge is 0.491 e. The molecule has 0 fully saturated rings. The second-order valence-electron chi connectivity index (χ2n) is 4.20. The molecule has 0 spiro atoms. The lowest BCUT2D eigenvalue weighted by Crippen LogP contribution is -2.23. The lowest BCUT2D eigenvalue weighted by Gasteiger charge is -2.12. The van der Waals surface area contributed by atoms with E-state index in [-0.39, 0.29) is 12.4 Å². The number of nitrogens with zero attached hydrogens (tertiary/aromatic N) is 2. The van der Waals surface area contributed by atoms with Crippen LogP contribution >= 0.6 is 15.9 Å². The monoisotopic (exact) mass is 328 g/mol. The van der Waals surface area contributed by atoms with Crippen molar-refractivity contribution in [2.24, 2.45) is 0 Å². The Balaban J connectivity index is 1.84. The average molecular weight is 329 g/mol. The highest BCUT2D eigenvalue weighted by Crippen LogP contribution is 2.14. The first kappa shape index (κ1) is 14.0. The van der Waals surface area contributed by atoms with Crippen LogP contribution in [0.3, 0.4) is 0 Å². The fourth-order valence-electron chi connectivity index (χ4n) is 1.58. The van der Waals surface area contributed by atoms with Crippen LogP contribution in [-0.2, 0) is 6.54 Å². The van der Waals surface area contributed by atoms with Crippen molar-refractivity contribution < 1.29 is 14.2 Å². The van der Waals surface area contributed by atoms with Crippen molar-refractivity contribution in [2.45, 2.75) is 19.6 Å².